The van der Waals surface area contributed by atoms with Gasteiger partial charge in [0.15, 0.2) is 0 Å². The van der Waals surface area contributed by atoms with Gasteiger partial charge in [0.05, 0.1) is 0 Å². The van der Waals surface area contributed by atoms with Crippen LogP contribution in [0.2, 0.25) is 0 Å². The van der Waals surface area contributed by atoms with E-state index in [2.05, 4.69) is 20.7 Å². The Kier molecular flexibility index (Phi) is 5.81. The average molecular weight is 277 g/mol. The van der Waals surface area contributed by atoms with E-state index in [0.29, 0.717) is 18.1 Å². The van der Waals surface area contributed by atoms with Crippen LogP contribution in [0.5, 0.6) is 0 Å². The first kappa shape index (κ1) is 15.5. The van der Waals surface area contributed by atoms with Crippen molar-refractivity contribution in [3.63, 3.8) is 0 Å². The van der Waals surface area contributed by atoms with Crippen molar-refractivity contribution < 1.29 is 13.2 Å². The fraction of sp³-hybridized carbons (Fsp3) is 0.636. The summed E-state index contributed by atoms with van der Waals surface area (Å²) in [5, 5.41) is 2.90. The van der Waals surface area contributed by atoms with E-state index in [4.69, 9.17) is 5.84 Å². The minimum absolute atomic E-state index is 0.00442. The predicted octanol–water partition coefficient (Wildman–Crippen LogP) is 2.47. The Morgan fingerprint density at radius 3 is 2.53 bits per heavy atom. The van der Waals surface area contributed by atoms with E-state index in [1.807, 2.05) is 6.92 Å². The molecule has 4 N–H and O–H groups in total. The number of halogens is 3. The lowest BCUT2D eigenvalue weighted by Gasteiger charge is -2.13. The van der Waals surface area contributed by atoms with Gasteiger partial charge in [-0.3, -0.25) is 0 Å². The predicted molar refractivity (Wildman–Crippen MR) is 67.6 cm³/mol. The molecule has 5 nitrogen and oxygen atoms in total. The van der Waals surface area contributed by atoms with Crippen LogP contribution in [0.3, 0.4) is 0 Å². The molecular weight excluding hydrogens is 259 g/mol. The van der Waals surface area contributed by atoms with E-state index in [1.165, 1.54) is 6.33 Å². The summed E-state index contributed by atoms with van der Waals surface area (Å²) in [5.74, 6) is 6.37. The number of nitrogens with one attached hydrogen (secondary N) is 2. The van der Waals surface area contributed by atoms with Crippen molar-refractivity contribution in [1.82, 2.24) is 9.97 Å². The molecule has 0 saturated carbocycles. The molecule has 1 aromatic rings. The molecule has 108 valence electrons. The first-order chi connectivity index (χ1) is 8.98. The largest absolute Gasteiger partial charge is 0.389 e. The summed E-state index contributed by atoms with van der Waals surface area (Å²) >= 11 is 0. The van der Waals surface area contributed by atoms with Crippen molar-refractivity contribution in [2.45, 2.75) is 38.8 Å². The Morgan fingerprint density at radius 2 is 1.95 bits per heavy atom. The molecule has 0 unspecified atom stereocenters. The first-order valence-corrected chi connectivity index (χ1v) is 6.09. The standard InChI is InChI=1S/C11H18F3N5/c1-2-4-8-9(17-7-18-10(8)19-15)16-6-3-5-11(12,13)14/h7H,2-6,15H2,1H3,(H2,16,17,18,19). The Hall–Kier alpha value is -1.57. The average Bonchev–Trinajstić information content (AvgIpc) is 2.35. The molecule has 0 aromatic carbocycles. The molecule has 0 aliphatic carbocycles. The van der Waals surface area contributed by atoms with Gasteiger partial charge in [-0.05, 0) is 12.8 Å². The summed E-state index contributed by atoms with van der Waals surface area (Å²) in [6.45, 7) is 2.19. The van der Waals surface area contributed by atoms with Gasteiger partial charge in [0.1, 0.15) is 18.0 Å². The van der Waals surface area contributed by atoms with E-state index in [-0.39, 0.29) is 13.0 Å². The van der Waals surface area contributed by atoms with Gasteiger partial charge in [0.25, 0.3) is 0 Å². The van der Waals surface area contributed by atoms with E-state index in [0.717, 1.165) is 12.0 Å². The van der Waals surface area contributed by atoms with Crippen LogP contribution in [0, 0.1) is 0 Å². The molecule has 19 heavy (non-hydrogen) atoms. The van der Waals surface area contributed by atoms with Gasteiger partial charge in [-0.2, -0.15) is 13.2 Å². The maximum atomic E-state index is 12.0. The second-order valence-corrected chi connectivity index (χ2v) is 4.09. The maximum absolute atomic E-state index is 12.0. The number of nitrogens with zero attached hydrogens (tertiary/aromatic N) is 2. The van der Waals surface area contributed by atoms with Crippen LogP contribution in [0.1, 0.15) is 31.7 Å². The molecule has 0 radical (unpaired) electrons. The summed E-state index contributed by atoms with van der Waals surface area (Å²) in [6.07, 6.45) is -2.05. The lowest BCUT2D eigenvalue weighted by Crippen LogP contribution is -2.16. The highest BCUT2D eigenvalue weighted by Gasteiger charge is 2.25. The second-order valence-electron chi connectivity index (χ2n) is 4.09. The van der Waals surface area contributed by atoms with Gasteiger partial charge >= 0.3 is 6.18 Å². The van der Waals surface area contributed by atoms with Gasteiger partial charge in [-0.15, -0.1) is 0 Å². The van der Waals surface area contributed by atoms with Crippen LogP contribution in [0.25, 0.3) is 0 Å². The van der Waals surface area contributed by atoms with Gasteiger partial charge in [-0.1, -0.05) is 13.3 Å². The van der Waals surface area contributed by atoms with E-state index >= 15 is 0 Å². The lowest BCUT2D eigenvalue weighted by atomic mass is 10.1. The highest BCUT2D eigenvalue weighted by atomic mass is 19.4. The number of aromatic nitrogens is 2. The number of hydrogen-bond donors (Lipinski definition) is 3. The monoisotopic (exact) mass is 277 g/mol. The number of nitrogens with two attached hydrogens (primary N) is 1. The van der Waals surface area contributed by atoms with Crippen LogP contribution >= 0.6 is 0 Å². The second kappa shape index (κ2) is 7.13. The fourth-order valence-electron chi connectivity index (χ4n) is 1.67. The maximum Gasteiger partial charge on any atom is 0.389 e. The van der Waals surface area contributed by atoms with Crippen molar-refractivity contribution in [2.24, 2.45) is 5.84 Å². The number of alkyl halides is 3. The molecule has 0 saturated heterocycles. The third-order valence-corrected chi connectivity index (χ3v) is 2.51. The van der Waals surface area contributed by atoms with Crippen LogP contribution in [-0.2, 0) is 6.42 Å². The molecule has 8 heteroatoms. The zero-order valence-electron chi connectivity index (χ0n) is 10.7. The van der Waals surface area contributed by atoms with Gasteiger partial charge in [-0.25, -0.2) is 15.8 Å². The number of nitrogen functional groups attached to an aromatic ring is 1. The smallest absolute Gasteiger partial charge is 0.370 e. The van der Waals surface area contributed by atoms with Crippen LogP contribution < -0.4 is 16.6 Å². The molecule has 0 aliphatic heterocycles. The molecule has 1 heterocycles. The summed E-state index contributed by atoms with van der Waals surface area (Å²) < 4.78 is 36.1. The molecule has 0 spiro atoms. The third-order valence-electron chi connectivity index (χ3n) is 2.51. The zero-order chi connectivity index (χ0) is 14.3. The van der Waals surface area contributed by atoms with E-state index in [1.54, 1.807) is 0 Å². The molecule has 1 rings (SSSR count). The van der Waals surface area contributed by atoms with Crippen molar-refractivity contribution >= 4 is 11.6 Å². The van der Waals surface area contributed by atoms with Crippen molar-refractivity contribution in [2.75, 3.05) is 17.3 Å². The Balaban J connectivity index is 2.62. The van der Waals surface area contributed by atoms with Crippen LogP contribution in [0.15, 0.2) is 6.33 Å². The highest BCUT2D eigenvalue weighted by Crippen LogP contribution is 2.23. The topological polar surface area (TPSA) is 75.9 Å². The highest BCUT2D eigenvalue weighted by molar-refractivity contribution is 5.56. The first-order valence-electron chi connectivity index (χ1n) is 6.09. The van der Waals surface area contributed by atoms with E-state index in [9.17, 15) is 13.2 Å². The number of rotatable bonds is 7. The summed E-state index contributed by atoms with van der Waals surface area (Å²) in [7, 11) is 0. The Labute approximate surface area is 109 Å². The fourth-order valence-corrected chi connectivity index (χ4v) is 1.67. The van der Waals surface area contributed by atoms with Crippen LogP contribution in [-0.4, -0.2) is 22.7 Å². The number of hydrogen-bond acceptors (Lipinski definition) is 5. The van der Waals surface area contributed by atoms with Gasteiger partial charge < -0.3 is 10.7 Å². The SMILES string of the molecule is CCCc1c(NN)ncnc1NCCCC(F)(F)F. The van der Waals surface area contributed by atoms with E-state index < -0.39 is 12.6 Å². The molecule has 0 atom stereocenters. The van der Waals surface area contributed by atoms with Gasteiger partial charge in [0, 0.05) is 18.5 Å². The quantitative estimate of drug-likeness (QED) is 0.405. The molecule has 0 bridgehead atoms. The molecule has 0 fully saturated rings. The van der Waals surface area contributed by atoms with Crippen molar-refractivity contribution in [1.29, 1.82) is 0 Å². The zero-order valence-corrected chi connectivity index (χ0v) is 10.7. The normalized spacial score (nSPS) is 11.4. The van der Waals surface area contributed by atoms with Gasteiger partial charge in [0.2, 0.25) is 0 Å². The summed E-state index contributed by atoms with van der Waals surface area (Å²) in [4.78, 5) is 8.02. The molecule has 1 aromatic heterocycles. The number of anilines is 2. The molecule has 0 amide bonds. The Morgan fingerprint density at radius 1 is 1.26 bits per heavy atom. The summed E-state index contributed by atoms with van der Waals surface area (Å²) in [5.41, 5.74) is 3.26. The minimum Gasteiger partial charge on any atom is -0.370 e. The Bertz CT molecular complexity index is 394. The van der Waals surface area contributed by atoms with Crippen molar-refractivity contribution in [3.8, 4) is 0 Å². The number of hydrazine groups is 1. The lowest BCUT2D eigenvalue weighted by molar-refractivity contribution is -0.134. The third kappa shape index (κ3) is 5.29. The molecular formula is C11H18F3N5. The minimum atomic E-state index is -4.12. The summed E-state index contributed by atoms with van der Waals surface area (Å²) in [6, 6.07) is 0. The van der Waals surface area contributed by atoms with Crippen molar-refractivity contribution in [3.05, 3.63) is 11.9 Å². The molecule has 0 aliphatic rings. The van der Waals surface area contributed by atoms with Crippen LogP contribution in [0.4, 0.5) is 24.8 Å².